The molecule has 5 nitrogen and oxygen atoms in total. The summed E-state index contributed by atoms with van der Waals surface area (Å²) in [6.07, 6.45) is 3.36. The first-order valence-corrected chi connectivity index (χ1v) is 7.35. The number of aromatic nitrogens is 3. The molecule has 2 aromatic rings. The number of hydrogen-bond acceptors (Lipinski definition) is 5. The van der Waals surface area contributed by atoms with Crippen LogP contribution in [-0.2, 0) is 11.3 Å². The first-order valence-electron chi connectivity index (χ1n) is 6.37. The van der Waals surface area contributed by atoms with Gasteiger partial charge < -0.3 is 4.74 Å². The predicted molar refractivity (Wildman–Crippen MR) is 75.6 cm³/mol. The lowest BCUT2D eigenvalue weighted by Crippen LogP contribution is -2.08. The van der Waals surface area contributed by atoms with Gasteiger partial charge in [-0.1, -0.05) is 6.92 Å². The Labute approximate surface area is 116 Å². The third-order valence-electron chi connectivity index (χ3n) is 2.70. The van der Waals surface area contributed by atoms with Crippen LogP contribution in [-0.4, -0.2) is 33.1 Å². The van der Waals surface area contributed by atoms with Crippen molar-refractivity contribution in [3.05, 3.63) is 18.0 Å². The van der Waals surface area contributed by atoms with Gasteiger partial charge in [-0.05, 0) is 19.6 Å². The van der Waals surface area contributed by atoms with Gasteiger partial charge in [-0.2, -0.15) is 5.10 Å². The molecule has 0 bridgehead atoms. The fourth-order valence-electron chi connectivity index (χ4n) is 1.89. The van der Waals surface area contributed by atoms with Gasteiger partial charge >= 0.3 is 5.97 Å². The minimum atomic E-state index is -0.322. The molecule has 0 saturated carbocycles. The lowest BCUT2D eigenvalue weighted by atomic mass is 10.2. The summed E-state index contributed by atoms with van der Waals surface area (Å²) in [5.74, 6) is 0.556. The number of esters is 1. The molecule has 0 aliphatic heterocycles. The number of rotatable bonds is 5. The summed E-state index contributed by atoms with van der Waals surface area (Å²) >= 11 is 1.62. The average Bonchev–Trinajstić information content (AvgIpc) is 2.83. The van der Waals surface area contributed by atoms with Crippen molar-refractivity contribution in [1.29, 1.82) is 0 Å². The fraction of sp³-hybridized carbons (Fsp3) is 0.462. The second-order valence-electron chi connectivity index (χ2n) is 3.85. The highest BCUT2D eigenvalue weighted by Crippen LogP contribution is 2.30. The molecule has 2 aromatic heterocycles. The van der Waals surface area contributed by atoms with Crippen LogP contribution in [0.4, 0.5) is 0 Å². The second kappa shape index (κ2) is 6.06. The zero-order chi connectivity index (χ0) is 13.8. The van der Waals surface area contributed by atoms with E-state index in [0.29, 0.717) is 12.2 Å². The molecule has 0 saturated heterocycles. The van der Waals surface area contributed by atoms with Crippen LogP contribution in [0.25, 0.3) is 11.0 Å². The van der Waals surface area contributed by atoms with Crippen molar-refractivity contribution >= 4 is 28.8 Å². The van der Waals surface area contributed by atoms with E-state index in [1.54, 1.807) is 31.1 Å². The maximum atomic E-state index is 12.0. The molecular formula is C13H17N3O2S. The van der Waals surface area contributed by atoms with E-state index in [1.807, 2.05) is 11.6 Å². The van der Waals surface area contributed by atoms with E-state index in [9.17, 15) is 4.79 Å². The first-order chi connectivity index (χ1) is 9.22. The zero-order valence-corrected chi connectivity index (χ0v) is 12.2. The molecule has 2 heterocycles. The van der Waals surface area contributed by atoms with Crippen molar-refractivity contribution in [3.8, 4) is 0 Å². The molecule has 0 aromatic carbocycles. The van der Waals surface area contributed by atoms with Crippen molar-refractivity contribution in [1.82, 2.24) is 14.8 Å². The van der Waals surface area contributed by atoms with Gasteiger partial charge in [0.2, 0.25) is 0 Å². The van der Waals surface area contributed by atoms with Crippen molar-refractivity contribution in [3.63, 3.8) is 0 Å². The highest BCUT2D eigenvalue weighted by atomic mass is 32.2. The van der Waals surface area contributed by atoms with E-state index >= 15 is 0 Å². The molecule has 0 aliphatic carbocycles. The fourth-order valence-corrected chi connectivity index (χ4v) is 2.77. The first kappa shape index (κ1) is 13.9. The van der Waals surface area contributed by atoms with Crippen LogP contribution in [0.5, 0.6) is 0 Å². The predicted octanol–water partition coefficient (Wildman–Crippen LogP) is 2.74. The van der Waals surface area contributed by atoms with Crippen molar-refractivity contribution in [2.24, 2.45) is 0 Å². The molecule has 2 rings (SSSR count). The van der Waals surface area contributed by atoms with Crippen molar-refractivity contribution in [2.45, 2.75) is 32.2 Å². The summed E-state index contributed by atoms with van der Waals surface area (Å²) in [7, 11) is 0. The molecular weight excluding hydrogens is 262 g/mol. The summed E-state index contributed by atoms with van der Waals surface area (Å²) in [4.78, 5) is 17.2. The average molecular weight is 279 g/mol. The molecule has 0 amide bonds. The Morgan fingerprint density at radius 3 is 2.79 bits per heavy atom. The van der Waals surface area contributed by atoms with Crippen LogP contribution in [0, 0.1) is 0 Å². The molecule has 0 radical (unpaired) electrons. The Hall–Kier alpha value is -1.56. The summed E-state index contributed by atoms with van der Waals surface area (Å²) < 4.78 is 6.90. The quantitative estimate of drug-likeness (QED) is 0.622. The van der Waals surface area contributed by atoms with E-state index in [1.165, 1.54) is 0 Å². The number of aryl methyl sites for hydroxylation is 1. The summed E-state index contributed by atoms with van der Waals surface area (Å²) in [5.41, 5.74) is 1.34. The number of ether oxygens (including phenoxy) is 1. The summed E-state index contributed by atoms with van der Waals surface area (Å²) in [6.45, 7) is 6.98. The minimum absolute atomic E-state index is 0.322. The van der Waals surface area contributed by atoms with Crippen LogP contribution in [0.15, 0.2) is 17.3 Å². The zero-order valence-electron chi connectivity index (χ0n) is 11.3. The van der Waals surface area contributed by atoms with Crippen LogP contribution in [0.1, 0.15) is 31.1 Å². The summed E-state index contributed by atoms with van der Waals surface area (Å²) in [5, 5.41) is 5.21. The maximum Gasteiger partial charge on any atom is 0.340 e. The maximum absolute atomic E-state index is 12.0. The highest BCUT2D eigenvalue weighted by molar-refractivity contribution is 7.99. The molecule has 0 aliphatic rings. The number of carbonyl (C=O) groups is 1. The van der Waals surface area contributed by atoms with Gasteiger partial charge in [0.15, 0.2) is 5.65 Å². The lowest BCUT2D eigenvalue weighted by molar-refractivity contribution is 0.0522. The molecule has 102 valence electrons. The Bertz CT molecular complexity index is 595. The Balaban J connectivity index is 2.58. The molecule has 0 unspecified atom stereocenters. The Kier molecular flexibility index (Phi) is 4.42. The normalized spacial score (nSPS) is 10.9. The van der Waals surface area contributed by atoms with Gasteiger partial charge in [0.25, 0.3) is 0 Å². The second-order valence-corrected chi connectivity index (χ2v) is 5.13. The summed E-state index contributed by atoms with van der Waals surface area (Å²) in [6, 6.07) is 0. The van der Waals surface area contributed by atoms with E-state index < -0.39 is 0 Å². The van der Waals surface area contributed by atoms with Crippen LogP contribution < -0.4 is 0 Å². The minimum Gasteiger partial charge on any atom is -0.462 e. The third kappa shape index (κ3) is 2.58. The topological polar surface area (TPSA) is 57.0 Å². The lowest BCUT2D eigenvalue weighted by Gasteiger charge is -2.08. The number of pyridine rings is 1. The molecule has 0 atom stereocenters. The number of carbonyl (C=O) groups excluding carboxylic acids is 1. The molecule has 19 heavy (non-hydrogen) atoms. The van der Waals surface area contributed by atoms with Gasteiger partial charge in [0.1, 0.15) is 0 Å². The number of hydrogen-bond donors (Lipinski definition) is 0. The Morgan fingerprint density at radius 1 is 1.37 bits per heavy atom. The largest absolute Gasteiger partial charge is 0.462 e. The van der Waals surface area contributed by atoms with E-state index in [2.05, 4.69) is 17.0 Å². The van der Waals surface area contributed by atoms with Crippen molar-refractivity contribution < 1.29 is 9.53 Å². The van der Waals surface area contributed by atoms with Gasteiger partial charge in [-0.25, -0.2) is 14.5 Å². The van der Waals surface area contributed by atoms with E-state index in [4.69, 9.17) is 4.74 Å². The standard InChI is InChI=1S/C13H17N3O2S/c1-4-16-12-9(8-15-16)11(19-6-3)10(7-14-12)13(17)18-5-2/h7-8H,4-6H2,1-3H3. The SMILES string of the molecule is CCOC(=O)c1cnc2c(cnn2CC)c1SCC. The Morgan fingerprint density at radius 2 is 2.16 bits per heavy atom. The number of nitrogens with zero attached hydrogens (tertiary/aromatic N) is 3. The molecule has 6 heteroatoms. The smallest absolute Gasteiger partial charge is 0.340 e. The number of fused-ring (bicyclic) bond motifs is 1. The van der Waals surface area contributed by atoms with E-state index in [-0.39, 0.29) is 5.97 Å². The molecule has 0 spiro atoms. The van der Waals surface area contributed by atoms with Gasteiger partial charge in [0.05, 0.1) is 23.8 Å². The van der Waals surface area contributed by atoms with Crippen LogP contribution >= 0.6 is 11.8 Å². The highest BCUT2D eigenvalue weighted by Gasteiger charge is 2.18. The molecule has 0 fully saturated rings. The monoisotopic (exact) mass is 279 g/mol. The molecule has 0 N–H and O–H groups in total. The number of thioether (sulfide) groups is 1. The van der Waals surface area contributed by atoms with Crippen LogP contribution in [0.2, 0.25) is 0 Å². The van der Waals surface area contributed by atoms with Gasteiger partial charge in [-0.3, -0.25) is 0 Å². The van der Waals surface area contributed by atoms with Gasteiger partial charge in [0, 0.05) is 17.6 Å². The van der Waals surface area contributed by atoms with Gasteiger partial charge in [-0.15, -0.1) is 11.8 Å². The third-order valence-corrected chi connectivity index (χ3v) is 3.72. The van der Waals surface area contributed by atoms with Crippen LogP contribution in [0.3, 0.4) is 0 Å². The van der Waals surface area contributed by atoms with Crippen molar-refractivity contribution in [2.75, 3.05) is 12.4 Å². The van der Waals surface area contributed by atoms with E-state index in [0.717, 1.165) is 28.2 Å².